The number of carbonyl (C=O) groups excluding carboxylic acids is 1. The summed E-state index contributed by atoms with van der Waals surface area (Å²) in [6, 6.07) is 21.8. The summed E-state index contributed by atoms with van der Waals surface area (Å²) < 4.78 is 13.5. The first kappa shape index (κ1) is 18.1. The minimum absolute atomic E-state index is 0.00269. The molecule has 1 N–H and O–H groups in total. The van der Waals surface area contributed by atoms with Crippen LogP contribution in [0.2, 0.25) is 0 Å². The van der Waals surface area contributed by atoms with Crippen molar-refractivity contribution < 1.29 is 14.1 Å². The molecule has 6 nitrogen and oxygen atoms in total. The normalized spacial score (nSPS) is 10.3. The molecule has 136 valence electrons. The van der Waals surface area contributed by atoms with Crippen molar-refractivity contribution in [2.75, 3.05) is 5.01 Å². The molecule has 1 amide bonds. The highest BCUT2D eigenvalue weighted by Crippen LogP contribution is 2.20. The molecule has 0 saturated carbocycles. The van der Waals surface area contributed by atoms with E-state index in [0.29, 0.717) is 6.54 Å². The monoisotopic (exact) mass is 365 g/mol. The summed E-state index contributed by atoms with van der Waals surface area (Å²) >= 11 is 0. The lowest BCUT2D eigenvalue weighted by Crippen LogP contribution is -2.42. The van der Waals surface area contributed by atoms with Crippen LogP contribution in [0.5, 0.6) is 0 Å². The predicted octanol–water partition coefficient (Wildman–Crippen LogP) is 4.09. The number of rotatable bonds is 6. The van der Waals surface area contributed by atoms with Crippen LogP contribution in [0.4, 0.5) is 15.8 Å². The summed E-state index contributed by atoms with van der Waals surface area (Å²) in [5.41, 5.74) is 3.70. The summed E-state index contributed by atoms with van der Waals surface area (Å²) in [4.78, 5) is 22.7. The van der Waals surface area contributed by atoms with Gasteiger partial charge >= 0.3 is 5.69 Å². The Labute approximate surface area is 155 Å². The van der Waals surface area contributed by atoms with Crippen LogP contribution in [0, 0.1) is 15.9 Å². The van der Waals surface area contributed by atoms with E-state index in [1.165, 1.54) is 6.07 Å². The minimum atomic E-state index is -0.985. The fourth-order valence-corrected chi connectivity index (χ4v) is 2.55. The van der Waals surface area contributed by atoms with Crippen LogP contribution in [0.25, 0.3) is 0 Å². The zero-order valence-electron chi connectivity index (χ0n) is 14.2. The molecule has 0 aliphatic rings. The lowest BCUT2D eigenvalue weighted by atomic mass is 10.2. The van der Waals surface area contributed by atoms with E-state index in [0.717, 1.165) is 23.4 Å². The van der Waals surface area contributed by atoms with Crippen molar-refractivity contribution in [2.24, 2.45) is 0 Å². The summed E-state index contributed by atoms with van der Waals surface area (Å²) in [7, 11) is 0. The van der Waals surface area contributed by atoms with Crippen molar-refractivity contribution >= 4 is 17.3 Å². The number of benzene rings is 3. The van der Waals surface area contributed by atoms with Gasteiger partial charge in [0.25, 0.3) is 5.91 Å². The number of carbonyl (C=O) groups is 1. The Morgan fingerprint density at radius 2 is 1.63 bits per heavy atom. The Kier molecular flexibility index (Phi) is 5.41. The molecule has 3 rings (SSSR count). The van der Waals surface area contributed by atoms with Crippen molar-refractivity contribution in [3.05, 3.63) is 106 Å². The number of nitrogens with one attached hydrogen (secondary N) is 1. The molecule has 3 aromatic carbocycles. The zero-order chi connectivity index (χ0) is 19.2. The van der Waals surface area contributed by atoms with Gasteiger partial charge in [0.1, 0.15) is 0 Å². The molecule has 0 atom stereocenters. The average molecular weight is 365 g/mol. The van der Waals surface area contributed by atoms with E-state index < -0.39 is 22.3 Å². The van der Waals surface area contributed by atoms with Crippen LogP contribution < -0.4 is 10.4 Å². The molecule has 0 fully saturated rings. The number of hydrazine groups is 1. The van der Waals surface area contributed by atoms with Gasteiger partial charge in [-0.3, -0.25) is 25.3 Å². The number of para-hydroxylation sites is 1. The molecule has 0 saturated heterocycles. The van der Waals surface area contributed by atoms with Gasteiger partial charge in [-0.2, -0.15) is 4.39 Å². The van der Waals surface area contributed by atoms with Crippen LogP contribution in [-0.4, -0.2) is 10.8 Å². The average Bonchev–Trinajstić information content (AvgIpc) is 2.69. The number of nitro benzene ring substituents is 1. The van der Waals surface area contributed by atoms with Crippen LogP contribution in [0.1, 0.15) is 15.9 Å². The van der Waals surface area contributed by atoms with Gasteiger partial charge in [0.2, 0.25) is 5.82 Å². The highest BCUT2D eigenvalue weighted by atomic mass is 19.1. The molecule has 27 heavy (non-hydrogen) atoms. The SMILES string of the molecule is O=C(NN(Cc1ccccc1)c1ccccc1)c1ccc(F)c([N+](=O)[O-])c1. The van der Waals surface area contributed by atoms with Crippen LogP contribution in [0.3, 0.4) is 0 Å². The van der Waals surface area contributed by atoms with E-state index in [1.807, 2.05) is 60.7 Å². The van der Waals surface area contributed by atoms with Gasteiger partial charge in [-0.15, -0.1) is 0 Å². The maximum absolute atomic E-state index is 13.5. The third-order valence-corrected chi connectivity index (χ3v) is 3.89. The molecular formula is C20H16FN3O3. The van der Waals surface area contributed by atoms with Gasteiger partial charge in [-0.25, -0.2) is 0 Å². The first-order valence-corrected chi connectivity index (χ1v) is 8.16. The lowest BCUT2D eigenvalue weighted by molar-refractivity contribution is -0.387. The molecule has 3 aromatic rings. The number of halogens is 1. The fraction of sp³-hybridized carbons (Fsp3) is 0.0500. The zero-order valence-corrected chi connectivity index (χ0v) is 14.2. The van der Waals surface area contributed by atoms with Crippen LogP contribution in [0.15, 0.2) is 78.9 Å². The molecule has 0 spiro atoms. The molecule has 0 radical (unpaired) electrons. The third-order valence-electron chi connectivity index (χ3n) is 3.89. The lowest BCUT2D eigenvalue weighted by Gasteiger charge is -2.25. The van der Waals surface area contributed by atoms with E-state index >= 15 is 0 Å². The highest BCUT2D eigenvalue weighted by molar-refractivity contribution is 5.95. The Morgan fingerprint density at radius 3 is 2.26 bits per heavy atom. The molecule has 0 bridgehead atoms. The van der Waals surface area contributed by atoms with Crippen molar-refractivity contribution in [1.82, 2.24) is 5.43 Å². The van der Waals surface area contributed by atoms with Crippen LogP contribution in [-0.2, 0) is 6.54 Å². The highest BCUT2D eigenvalue weighted by Gasteiger charge is 2.19. The van der Waals surface area contributed by atoms with Gasteiger partial charge in [0, 0.05) is 11.6 Å². The summed E-state index contributed by atoms with van der Waals surface area (Å²) in [6.45, 7) is 0.389. The first-order valence-electron chi connectivity index (χ1n) is 8.16. The summed E-state index contributed by atoms with van der Waals surface area (Å²) in [6.07, 6.45) is 0. The molecule has 0 unspecified atom stereocenters. The van der Waals surface area contributed by atoms with Crippen molar-refractivity contribution in [2.45, 2.75) is 6.54 Å². The Bertz CT molecular complexity index is 949. The second-order valence-electron chi connectivity index (χ2n) is 5.77. The first-order chi connectivity index (χ1) is 13.0. The van der Waals surface area contributed by atoms with Gasteiger partial charge in [-0.1, -0.05) is 48.5 Å². The molecule has 0 aromatic heterocycles. The van der Waals surface area contributed by atoms with E-state index in [-0.39, 0.29) is 5.56 Å². The van der Waals surface area contributed by atoms with Crippen molar-refractivity contribution in [3.63, 3.8) is 0 Å². The maximum atomic E-state index is 13.5. The second-order valence-corrected chi connectivity index (χ2v) is 5.77. The Morgan fingerprint density at radius 1 is 1.00 bits per heavy atom. The molecular weight excluding hydrogens is 349 g/mol. The number of nitrogens with zero attached hydrogens (tertiary/aromatic N) is 2. The van der Waals surface area contributed by atoms with E-state index in [1.54, 1.807) is 5.01 Å². The maximum Gasteiger partial charge on any atom is 0.305 e. The topological polar surface area (TPSA) is 75.5 Å². The van der Waals surface area contributed by atoms with Gasteiger partial charge in [0.05, 0.1) is 17.2 Å². The minimum Gasteiger partial charge on any atom is -0.281 e. The van der Waals surface area contributed by atoms with Crippen molar-refractivity contribution in [1.29, 1.82) is 0 Å². The second kappa shape index (κ2) is 8.09. The standard InChI is InChI=1S/C20H16FN3O3/c21-18-12-11-16(13-19(18)24(26)27)20(25)22-23(17-9-5-2-6-10-17)14-15-7-3-1-4-8-15/h1-13H,14H2,(H,22,25). The summed E-state index contributed by atoms with van der Waals surface area (Å²) in [5, 5.41) is 12.5. The fourth-order valence-electron chi connectivity index (χ4n) is 2.55. The van der Waals surface area contributed by atoms with E-state index in [2.05, 4.69) is 5.43 Å². The van der Waals surface area contributed by atoms with Gasteiger partial charge in [-0.05, 0) is 29.8 Å². The van der Waals surface area contributed by atoms with Crippen molar-refractivity contribution in [3.8, 4) is 0 Å². The largest absolute Gasteiger partial charge is 0.305 e. The molecule has 0 heterocycles. The Balaban J connectivity index is 1.86. The van der Waals surface area contributed by atoms with Gasteiger partial charge in [0.15, 0.2) is 0 Å². The molecule has 7 heteroatoms. The smallest absolute Gasteiger partial charge is 0.281 e. The number of nitro groups is 1. The number of anilines is 1. The molecule has 0 aliphatic carbocycles. The van der Waals surface area contributed by atoms with E-state index in [9.17, 15) is 19.3 Å². The van der Waals surface area contributed by atoms with Gasteiger partial charge < -0.3 is 0 Å². The quantitative estimate of drug-likeness (QED) is 0.527. The summed E-state index contributed by atoms with van der Waals surface area (Å²) in [5.74, 6) is -1.56. The predicted molar refractivity (Wildman–Crippen MR) is 99.6 cm³/mol. The number of hydrogen-bond donors (Lipinski definition) is 1. The Hall–Kier alpha value is -3.74. The third kappa shape index (κ3) is 4.46. The number of hydrogen-bond acceptors (Lipinski definition) is 4. The molecule has 0 aliphatic heterocycles. The number of amides is 1. The van der Waals surface area contributed by atoms with Crippen LogP contribution >= 0.6 is 0 Å². The van der Waals surface area contributed by atoms with E-state index in [4.69, 9.17) is 0 Å².